The molecule has 0 spiro atoms. The highest BCUT2D eigenvalue weighted by Crippen LogP contribution is 2.48. The fourth-order valence-electron chi connectivity index (χ4n) is 1.49. The third kappa shape index (κ3) is 4.23. The Labute approximate surface area is 166 Å². The van der Waals surface area contributed by atoms with Crippen LogP contribution in [0.15, 0.2) is 18.2 Å². The molecule has 1 N–H and O–H groups in total. The summed E-state index contributed by atoms with van der Waals surface area (Å²) < 4.78 is 5.05. The highest BCUT2D eigenvalue weighted by atomic mass is 35.5. The molecule has 0 atom stereocenters. The van der Waals surface area contributed by atoms with Crippen LogP contribution in [0.1, 0.15) is 0 Å². The summed E-state index contributed by atoms with van der Waals surface area (Å²) in [5, 5.41) is 2.52. The molecule has 0 saturated carbocycles. The van der Waals surface area contributed by atoms with Gasteiger partial charge in [0.05, 0.1) is 25.8 Å². The first kappa shape index (κ1) is 19.1. The van der Waals surface area contributed by atoms with E-state index >= 15 is 0 Å². The number of benzene rings is 2. The molecule has 0 radical (unpaired) electrons. The molecule has 2 aromatic rings. The Bertz CT molecular complexity index is 765. The lowest BCUT2D eigenvalue weighted by Gasteiger charge is -2.13. The van der Waals surface area contributed by atoms with Crippen molar-refractivity contribution in [2.45, 2.75) is 0 Å². The van der Waals surface area contributed by atoms with E-state index in [1.807, 2.05) is 0 Å². The predicted octanol–water partition coefficient (Wildman–Crippen LogP) is 7.87. The van der Waals surface area contributed by atoms with Crippen molar-refractivity contribution in [2.75, 3.05) is 5.32 Å². The molecule has 0 heterocycles. The summed E-state index contributed by atoms with van der Waals surface area (Å²) in [5.74, 6) is -0.227. The fourth-order valence-corrected chi connectivity index (χ4v) is 3.15. The summed E-state index contributed by atoms with van der Waals surface area (Å²) in [6, 6.07) is 4.49. The van der Waals surface area contributed by atoms with Crippen LogP contribution in [0.3, 0.4) is 0 Å². The molecule has 0 bridgehead atoms. The topological polar surface area (TPSA) is 38.3 Å². The first-order chi connectivity index (χ1) is 10.7. The van der Waals surface area contributed by atoms with Crippen LogP contribution in [-0.4, -0.2) is 6.09 Å². The molecule has 0 saturated heterocycles. The maximum atomic E-state index is 12.0. The van der Waals surface area contributed by atoms with Crippen LogP contribution in [0.25, 0.3) is 0 Å². The van der Waals surface area contributed by atoms with Gasteiger partial charge < -0.3 is 4.74 Å². The number of hydrogen-bond donors (Lipinski definition) is 1. The Balaban J connectivity index is 2.27. The minimum atomic E-state index is -0.910. The highest BCUT2D eigenvalue weighted by Gasteiger charge is 2.22. The average molecular weight is 454 g/mol. The smallest absolute Gasteiger partial charge is 0.407 e. The standard InChI is InChI=1S/C13H4Cl7NO2/c14-4-1-2-6(5(15)3-4)21-13(22)23-12-10(19)8(17)7(16)9(18)11(12)20/h1-3H,(H,21,22). The number of carbonyl (C=O) groups excluding carboxylic acids is 1. The van der Waals surface area contributed by atoms with Gasteiger partial charge in [0.2, 0.25) is 0 Å². The summed E-state index contributed by atoms with van der Waals surface area (Å²) >= 11 is 41.3. The van der Waals surface area contributed by atoms with Crippen LogP contribution in [0.4, 0.5) is 10.5 Å². The molecule has 10 heteroatoms. The first-order valence-corrected chi connectivity index (χ1v) is 8.32. The van der Waals surface area contributed by atoms with Crippen molar-refractivity contribution in [1.29, 1.82) is 0 Å². The molecule has 122 valence electrons. The number of carbonyl (C=O) groups is 1. The maximum Gasteiger partial charge on any atom is 0.417 e. The van der Waals surface area contributed by atoms with Gasteiger partial charge >= 0.3 is 6.09 Å². The van der Waals surface area contributed by atoms with E-state index in [9.17, 15) is 4.79 Å². The van der Waals surface area contributed by atoms with Crippen LogP contribution >= 0.6 is 81.2 Å². The molecule has 0 aliphatic carbocycles. The second-order valence-corrected chi connectivity index (χ2v) is 6.77. The quantitative estimate of drug-likeness (QED) is 0.370. The molecule has 0 aliphatic rings. The molecule has 2 rings (SSSR count). The Kier molecular flexibility index (Phi) is 6.42. The number of anilines is 1. The summed E-state index contributed by atoms with van der Waals surface area (Å²) in [4.78, 5) is 12.0. The Hall–Kier alpha value is -0.260. The first-order valence-electron chi connectivity index (χ1n) is 5.67. The number of rotatable bonds is 2. The minimum absolute atomic E-state index is 0.0446. The van der Waals surface area contributed by atoms with Gasteiger partial charge in [-0.1, -0.05) is 81.2 Å². The molecular weight excluding hydrogens is 450 g/mol. The lowest BCUT2D eigenvalue weighted by Crippen LogP contribution is -2.17. The molecule has 0 aromatic heterocycles. The second-order valence-electron chi connectivity index (χ2n) is 4.04. The van der Waals surface area contributed by atoms with Crippen LogP contribution in [0.5, 0.6) is 5.75 Å². The highest BCUT2D eigenvalue weighted by molar-refractivity contribution is 6.55. The van der Waals surface area contributed by atoms with Crippen molar-refractivity contribution in [1.82, 2.24) is 0 Å². The molecule has 3 nitrogen and oxygen atoms in total. The number of amides is 1. The molecule has 23 heavy (non-hydrogen) atoms. The number of nitrogens with one attached hydrogen (secondary N) is 1. The van der Waals surface area contributed by atoms with Crippen LogP contribution in [-0.2, 0) is 0 Å². The van der Waals surface area contributed by atoms with Crippen LogP contribution in [0, 0.1) is 0 Å². The van der Waals surface area contributed by atoms with Crippen LogP contribution < -0.4 is 10.1 Å². The predicted molar refractivity (Wildman–Crippen MR) is 97.6 cm³/mol. The molecule has 2 aromatic carbocycles. The number of halogens is 7. The summed E-state index contributed by atoms with van der Waals surface area (Å²) in [6.07, 6.45) is -0.910. The zero-order chi connectivity index (χ0) is 17.3. The molecule has 1 amide bonds. The Morgan fingerprint density at radius 1 is 0.826 bits per heavy atom. The van der Waals surface area contributed by atoms with Crippen molar-refractivity contribution in [3.8, 4) is 5.75 Å². The second kappa shape index (κ2) is 7.75. The average Bonchev–Trinajstić information content (AvgIpc) is 2.50. The van der Waals surface area contributed by atoms with Gasteiger partial charge in [-0.15, -0.1) is 0 Å². The van der Waals surface area contributed by atoms with Gasteiger partial charge in [-0.25, -0.2) is 4.79 Å². The lowest BCUT2D eigenvalue weighted by atomic mass is 10.3. The molecule has 0 unspecified atom stereocenters. The van der Waals surface area contributed by atoms with Crippen molar-refractivity contribution < 1.29 is 9.53 Å². The van der Waals surface area contributed by atoms with Crippen molar-refractivity contribution in [2.24, 2.45) is 0 Å². The van der Waals surface area contributed by atoms with E-state index in [0.717, 1.165) is 0 Å². The van der Waals surface area contributed by atoms with E-state index in [0.29, 0.717) is 5.02 Å². The SMILES string of the molecule is O=C(Nc1ccc(Cl)cc1Cl)Oc1c(Cl)c(Cl)c(Cl)c(Cl)c1Cl. The zero-order valence-electron chi connectivity index (χ0n) is 10.7. The van der Waals surface area contributed by atoms with E-state index in [2.05, 4.69) is 5.32 Å². The van der Waals surface area contributed by atoms with Gasteiger partial charge in [0.1, 0.15) is 10.0 Å². The Morgan fingerprint density at radius 2 is 1.35 bits per heavy atom. The van der Waals surface area contributed by atoms with E-state index in [-0.39, 0.29) is 41.6 Å². The number of hydrogen-bond acceptors (Lipinski definition) is 2. The molecule has 0 aliphatic heterocycles. The van der Waals surface area contributed by atoms with Crippen molar-refractivity contribution >= 4 is 93.0 Å². The molecular formula is C13H4Cl7NO2. The minimum Gasteiger partial charge on any atom is -0.407 e. The van der Waals surface area contributed by atoms with E-state index in [4.69, 9.17) is 85.9 Å². The van der Waals surface area contributed by atoms with Crippen molar-refractivity contribution in [3.05, 3.63) is 53.4 Å². The third-order valence-electron chi connectivity index (χ3n) is 2.53. The van der Waals surface area contributed by atoms with Crippen LogP contribution in [0.2, 0.25) is 35.2 Å². The van der Waals surface area contributed by atoms with Gasteiger partial charge in [0.15, 0.2) is 5.75 Å². The van der Waals surface area contributed by atoms with Gasteiger partial charge in [0.25, 0.3) is 0 Å². The van der Waals surface area contributed by atoms with Gasteiger partial charge in [-0.3, -0.25) is 5.32 Å². The van der Waals surface area contributed by atoms with E-state index in [1.54, 1.807) is 6.07 Å². The monoisotopic (exact) mass is 451 g/mol. The summed E-state index contributed by atoms with van der Waals surface area (Å²) in [7, 11) is 0. The van der Waals surface area contributed by atoms with E-state index in [1.165, 1.54) is 12.1 Å². The number of ether oxygens (including phenoxy) is 1. The normalized spacial score (nSPS) is 10.6. The van der Waals surface area contributed by atoms with Gasteiger partial charge in [-0.2, -0.15) is 0 Å². The summed E-state index contributed by atoms with van der Waals surface area (Å²) in [6.45, 7) is 0. The van der Waals surface area contributed by atoms with Crippen molar-refractivity contribution in [3.63, 3.8) is 0 Å². The lowest BCUT2D eigenvalue weighted by molar-refractivity contribution is 0.215. The summed E-state index contributed by atoms with van der Waals surface area (Å²) in [5.41, 5.74) is 0.277. The van der Waals surface area contributed by atoms with Gasteiger partial charge in [-0.05, 0) is 18.2 Å². The third-order valence-corrected chi connectivity index (χ3v) is 5.32. The largest absolute Gasteiger partial charge is 0.417 e. The fraction of sp³-hybridized carbons (Fsp3) is 0. The molecule has 0 fully saturated rings. The maximum absolute atomic E-state index is 12.0. The van der Waals surface area contributed by atoms with E-state index < -0.39 is 6.09 Å². The Morgan fingerprint density at radius 3 is 1.87 bits per heavy atom. The zero-order valence-corrected chi connectivity index (χ0v) is 16.0. The van der Waals surface area contributed by atoms with Gasteiger partial charge in [0, 0.05) is 5.02 Å².